The summed E-state index contributed by atoms with van der Waals surface area (Å²) < 4.78 is 5.01. The number of halogens is 1. The molecule has 136 valence electrons. The first-order chi connectivity index (χ1) is 12.4. The van der Waals surface area contributed by atoms with Crippen LogP contribution in [0.4, 0.5) is 5.69 Å². The number of ether oxygens (including phenoxy) is 1. The Morgan fingerprint density at radius 1 is 1.12 bits per heavy atom. The van der Waals surface area contributed by atoms with Gasteiger partial charge in [0.1, 0.15) is 5.57 Å². The highest BCUT2D eigenvalue weighted by molar-refractivity contribution is 6.36. The Kier molecular flexibility index (Phi) is 6.98. The molecule has 5 heteroatoms. The van der Waals surface area contributed by atoms with Gasteiger partial charge in [-0.15, -0.1) is 0 Å². The van der Waals surface area contributed by atoms with Crippen LogP contribution in [0.2, 0.25) is 5.02 Å². The molecule has 0 fully saturated rings. The fourth-order valence-electron chi connectivity index (χ4n) is 2.34. The molecule has 0 saturated heterocycles. The number of anilines is 1. The molecule has 2 rings (SSSR count). The van der Waals surface area contributed by atoms with Crippen LogP contribution in [0, 0.1) is 0 Å². The Balaban J connectivity index is 2.29. The molecule has 0 saturated carbocycles. The van der Waals surface area contributed by atoms with Gasteiger partial charge in [-0.2, -0.15) is 0 Å². The van der Waals surface area contributed by atoms with Crippen molar-refractivity contribution in [2.24, 2.45) is 0 Å². The maximum atomic E-state index is 12.8. The van der Waals surface area contributed by atoms with Crippen LogP contribution < -0.4 is 5.32 Å². The zero-order valence-electron chi connectivity index (χ0n) is 15.1. The molecule has 0 aliphatic rings. The molecule has 0 unspecified atom stereocenters. The molecule has 0 radical (unpaired) electrons. The number of carbonyl (C=O) groups excluding carboxylic acids is 2. The predicted molar refractivity (Wildman–Crippen MR) is 105 cm³/mol. The Morgan fingerprint density at radius 2 is 1.77 bits per heavy atom. The maximum Gasteiger partial charge on any atom is 0.343 e. The quantitative estimate of drug-likeness (QED) is 0.239. The van der Waals surface area contributed by atoms with Crippen molar-refractivity contribution in [1.29, 1.82) is 0 Å². The summed E-state index contributed by atoms with van der Waals surface area (Å²) in [6, 6.07) is 14.4. The number of carbonyl (C=O) groups is 2. The van der Waals surface area contributed by atoms with Crippen LogP contribution in [0.3, 0.4) is 0 Å². The van der Waals surface area contributed by atoms with Crippen LogP contribution in [0.5, 0.6) is 0 Å². The van der Waals surface area contributed by atoms with Gasteiger partial charge in [0.2, 0.25) is 5.78 Å². The lowest BCUT2D eigenvalue weighted by molar-refractivity contribution is -0.138. The van der Waals surface area contributed by atoms with Crippen molar-refractivity contribution in [2.75, 3.05) is 11.9 Å². The van der Waals surface area contributed by atoms with E-state index in [0.717, 1.165) is 5.69 Å². The van der Waals surface area contributed by atoms with E-state index in [1.165, 1.54) is 11.8 Å². The summed E-state index contributed by atoms with van der Waals surface area (Å²) in [5, 5.41) is 3.28. The summed E-state index contributed by atoms with van der Waals surface area (Å²) in [4.78, 5) is 25.0. The molecule has 0 amide bonds. The van der Waals surface area contributed by atoms with Gasteiger partial charge in [-0.3, -0.25) is 4.79 Å². The molecule has 26 heavy (non-hydrogen) atoms. The second-order valence-electron chi connectivity index (χ2n) is 6.01. The second kappa shape index (κ2) is 9.20. The molecule has 2 aromatic carbocycles. The number of esters is 1. The van der Waals surface area contributed by atoms with Crippen molar-refractivity contribution in [3.05, 3.63) is 76.5 Å². The molecule has 0 atom stereocenters. The largest absolute Gasteiger partial charge is 0.462 e. The lowest BCUT2D eigenvalue weighted by atomic mass is 10.0. The number of hydrogen-bond acceptors (Lipinski definition) is 4. The Bertz CT molecular complexity index is 810. The van der Waals surface area contributed by atoms with Gasteiger partial charge in [-0.05, 0) is 42.7 Å². The van der Waals surface area contributed by atoms with Crippen molar-refractivity contribution in [1.82, 2.24) is 0 Å². The highest BCUT2D eigenvalue weighted by Gasteiger charge is 2.23. The third-order valence-electron chi connectivity index (χ3n) is 3.82. The van der Waals surface area contributed by atoms with Gasteiger partial charge in [-0.25, -0.2) is 4.79 Å². The van der Waals surface area contributed by atoms with Crippen LogP contribution in [0.25, 0.3) is 0 Å². The normalized spacial score (nSPS) is 11.3. The van der Waals surface area contributed by atoms with E-state index in [4.69, 9.17) is 16.3 Å². The summed E-state index contributed by atoms with van der Waals surface area (Å²) in [7, 11) is 0. The number of nitrogens with one attached hydrogen (secondary N) is 1. The van der Waals surface area contributed by atoms with Crippen LogP contribution in [0.15, 0.2) is 60.3 Å². The molecule has 4 nitrogen and oxygen atoms in total. The SMILES string of the molecule is CCOC(=O)C(=CNc1ccc(C(C)C)cc1)C(=O)c1ccccc1Cl. The molecular formula is C21H22ClNO3. The van der Waals surface area contributed by atoms with E-state index in [1.54, 1.807) is 31.2 Å². The number of hydrogen-bond donors (Lipinski definition) is 1. The first-order valence-corrected chi connectivity index (χ1v) is 8.84. The highest BCUT2D eigenvalue weighted by atomic mass is 35.5. The number of ketones is 1. The number of Topliss-reactive ketones (excluding diaryl/α,β-unsaturated/α-hetero) is 1. The van der Waals surface area contributed by atoms with E-state index < -0.39 is 11.8 Å². The monoisotopic (exact) mass is 371 g/mol. The van der Waals surface area contributed by atoms with Crippen LogP contribution in [-0.2, 0) is 9.53 Å². The fraction of sp³-hybridized carbons (Fsp3) is 0.238. The van der Waals surface area contributed by atoms with Gasteiger partial charge in [0.15, 0.2) is 0 Å². The highest BCUT2D eigenvalue weighted by Crippen LogP contribution is 2.21. The molecule has 0 aliphatic carbocycles. The lowest BCUT2D eigenvalue weighted by Crippen LogP contribution is -2.18. The van der Waals surface area contributed by atoms with Gasteiger partial charge < -0.3 is 10.1 Å². The average Bonchev–Trinajstić information content (AvgIpc) is 2.62. The van der Waals surface area contributed by atoms with Crippen LogP contribution in [-0.4, -0.2) is 18.4 Å². The second-order valence-corrected chi connectivity index (χ2v) is 6.42. The summed E-state index contributed by atoms with van der Waals surface area (Å²) in [5.74, 6) is -0.749. The zero-order valence-corrected chi connectivity index (χ0v) is 15.8. The summed E-state index contributed by atoms with van der Waals surface area (Å²) in [5.41, 5.74) is 2.12. The van der Waals surface area contributed by atoms with Crippen molar-refractivity contribution >= 4 is 29.0 Å². The van der Waals surface area contributed by atoms with Gasteiger partial charge in [0.05, 0.1) is 11.6 Å². The minimum atomic E-state index is -0.691. The maximum absolute atomic E-state index is 12.8. The minimum absolute atomic E-state index is 0.104. The van der Waals surface area contributed by atoms with Crippen molar-refractivity contribution < 1.29 is 14.3 Å². The van der Waals surface area contributed by atoms with Gasteiger partial charge in [-0.1, -0.05) is 49.7 Å². The summed E-state index contributed by atoms with van der Waals surface area (Å²) in [6.45, 7) is 6.09. The Hall–Kier alpha value is -2.59. The number of rotatable bonds is 7. The topological polar surface area (TPSA) is 55.4 Å². The molecule has 2 aromatic rings. The molecule has 1 N–H and O–H groups in total. The standard InChI is InChI=1S/C21H22ClNO3/c1-4-26-21(25)18(20(24)17-7-5-6-8-19(17)22)13-23-16-11-9-15(10-12-16)14(2)3/h5-14,23H,4H2,1-3H3. The first-order valence-electron chi connectivity index (χ1n) is 8.47. The Morgan fingerprint density at radius 3 is 2.35 bits per heavy atom. The third-order valence-corrected chi connectivity index (χ3v) is 4.15. The predicted octanol–water partition coefficient (Wildman–Crippen LogP) is 5.21. The van der Waals surface area contributed by atoms with Crippen molar-refractivity contribution in [2.45, 2.75) is 26.7 Å². The molecule has 0 aromatic heterocycles. The van der Waals surface area contributed by atoms with E-state index in [-0.39, 0.29) is 22.8 Å². The van der Waals surface area contributed by atoms with E-state index in [0.29, 0.717) is 5.92 Å². The third kappa shape index (κ3) is 4.96. The zero-order chi connectivity index (χ0) is 19.1. The van der Waals surface area contributed by atoms with E-state index in [1.807, 2.05) is 24.3 Å². The summed E-state index contributed by atoms with van der Waals surface area (Å²) >= 11 is 6.09. The Labute approximate surface area is 158 Å². The van der Waals surface area contributed by atoms with Gasteiger partial charge in [0, 0.05) is 17.5 Å². The van der Waals surface area contributed by atoms with Gasteiger partial charge in [0.25, 0.3) is 0 Å². The molecule has 0 bridgehead atoms. The first kappa shape index (κ1) is 19.7. The van der Waals surface area contributed by atoms with E-state index >= 15 is 0 Å². The summed E-state index contributed by atoms with van der Waals surface area (Å²) in [6.07, 6.45) is 1.37. The average molecular weight is 372 g/mol. The molecule has 0 heterocycles. The van der Waals surface area contributed by atoms with Crippen LogP contribution >= 0.6 is 11.6 Å². The minimum Gasteiger partial charge on any atom is -0.462 e. The number of benzene rings is 2. The van der Waals surface area contributed by atoms with Gasteiger partial charge >= 0.3 is 5.97 Å². The van der Waals surface area contributed by atoms with Crippen molar-refractivity contribution in [3.8, 4) is 0 Å². The molecule has 0 spiro atoms. The smallest absolute Gasteiger partial charge is 0.343 e. The molecule has 0 aliphatic heterocycles. The van der Waals surface area contributed by atoms with Crippen molar-refractivity contribution in [3.63, 3.8) is 0 Å². The van der Waals surface area contributed by atoms with E-state index in [2.05, 4.69) is 19.2 Å². The molecular weight excluding hydrogens is 350 g/mol. The lowest BCUT2D eigenvalue weighted by Gasteiger charge is -2.10. The fourth-order valence-corrected chi connectivity index (χ4v) is 2.56. The van der Waals surface area contributed by atoms with Crippen LogP contribution in [0.1, 0.15) is 42.6 Å². The van der Waals surface area contributed by atoms with E-state index in [9.17, 15) is 9.59 Å².